The average molecular weight is 228 g/mol. The molecule has 3 heterocycles. The molecule has 3 aromatic heterocycles. The molecule has 0 aliphatic carbocycles. The van der Waals surface area contributed by atoms with Gasteiger partial charge < -0.3 is 10.7 Å². The van der Waals surface area contributed by atoms with Crippen molar-refractivity contribution < 1.29 is 4.79 Å². The van der Waals surface area contributed by atoms with Gasteiger partial charge in [0.2, 0.25) is 5.95 Å². The first kappa shape index (κ1) is 9.52. The number of carbonyl (C=O) groups excluding carboxylic acids is 1. The number of nitrogens with zero attached hydrogens (tertiary/aromatic N) is 4. The van der Waals surface area contributed by atoms with Gasteiger partial charge in [-0.1, -0.05) is 0 Å². The Bertz CT molecular complexity index is 698. The predicted molar refractivity (Wildman–Crippen MR) is 60.8 cm³/mol. The number of H-pyrrole nitrogens is 1. The molecule has 0 unspecified atom stereocenters. The maximum absolute atomic E-state index is 10.8. The van der Waals surface area contributed by atoms with Gasteiger partial charge in [0, 0.05) is 6.20 Å². The van der Waals surface area contributed by atoms with Gasteiger partial charge in [0.15, 0.2) is 17.8 Å². The fourth-order valence-electron chi connectivity index (χ4n) is 1.62. The molecule has 7 heteroatoms. The number of aromatic nitrogens is 5. The summed E-state index contributed by atoms with van der Waals surface area (Å²) in [4.78, 5) is 26.0. The number of nitrogens with one attached hydrogen (secondary N) is 1. The standard InChI is InChI=1S/C10H8N6O/c11-8-7-9(13-5-12-7)15-10(14-8)16-3-1-2-6(16)4-17/h1-5H,(H3,11,12,13,14,15). The highest BCUT2D eigenvalue weighted by Gasteiger charge is 2.10. The van der Waals surface area contributed by atoms with Gasteiger partial charge >= 0.3 is 0 Å². The van der Waals surface area contributed by atoms with Gasteiger partial charge in [0.1, 0.15) is 5.52 Å². The summed E-state index contributed by atoms with van der Waals surface area (Å²) in [6.45, 7) is 0. The van der Waals surface area contributed by atoms with Gasteiger partial charge in [-0.25, -0.2) is 4.98 Å². The lowest BCUT2D eigenvalue weighted by atomic mass is 10.4. The second-order valence-corrected chi connectivity index (χ2v) is 3.43. The van der Waals surface area contributed by atoms with Crippen molar-refractivity contribution in [1.82, 2.24) is 24.5 Å². The highest BCUT2D eigenvalue weighted by molar-refractivity contribution is 5.82. The third-order valence-corrected chi connectivity index (χ3v) is 2.42. The summed E-state index contributed by atoms with van der Waals surface area (Å²) in [5, 5.41) is 0. The molecule has 0 spiro atoms. The molecule has 7 nitrogen and oxygen atoms in total. The number of nitrogens with two attached hydrogens (primary N) is 1. The summed E-state index contributed by atoms with van der Waals surface area (Å²) in [5.74, 6) is 0.627. The van der Waals surface area contributed by atoms with Crippen molar-refractivity contribution in [2.75, 3.05) is 5.73 Å². The lowest BCUT2D eigenvalue weighted by Crippen LogP contribution is -2.06. The molecular weight excluding hydrogens is 220 g/mol. The molecule has 0 saturated heterocycles. The van der Waals surface area contributed by atoms with Crippen LogP contribution in [0.15, 0.2) is 24.7 Å². The Hall–Kier alpha value is -2.70. The summed E-state index contributed by atoms with van der Waals surface area (Å²) in [6, 6.07) is 3.40. The lowest BCUT2D eigenvalue weighted by Gasteiger charge is -2.04. The van der Waals surface area contributed by atoms with E-state index in [1.54, 1.807) is 22.9 Å². The van der Waals surface area contributed by atoms with Crippen LogP contribution in [0.4, 0.5) is 5.82 Å². The molecule has 0 radical (unpaired) electrons. The van der Waals surface area contributed by atoms with Gasteiger partial charge in [-0.2, -0.15) is 9.97 Å². The van der Waals surface area contributed by atoms with Gasteiger partial charge in [0.25, 0.3) is 0 Å². The molecule has 0 bridgehead atoms. The van der Waals surface area contributed by atoms with Gasteiger partial charge in [-0.05, 0) is 12.1 Å². The molecule has 0 fully saturated rings. The minimum Gasteiger partial charge on any atom is -0.382 e. The van der Waals surface area contributed by atoms with E-state index in [0.29, 0.717) is 28.6 Å². The van der Waals surface area contributed by atoms with Crippen molar-refractivity contribution >= 4 is 23.3 Å². The van der Waals surface area contributed by atoms with Gasteiger partial charge in [-0.15, -0.1) is 0 Å². The smallest absolute Gasteiger partial charge is 0.238 e. The Morgan fingerprint density at radius 3 is 3.12 bits per heavy atom. The van der Waals surface area contributed by atoms with E-state index in [0.717, 1.165) is 6.29 Å². The minimum atomic E-state index is 0.299. The zero-order valence-corrected chi connectivity index (χ0v) is 8.66. The van der Waals surface area contributed by atoms with Crippen LogP contribution in [0.25, 0.3) is 17.1 Å². The van der Waals surface area contributed by atoms with Gasteiger partial charge in [0.05, 0.1) is 12.0 Å². The number of fused-ring (bicyclic) bond motifs is 1. The van der Waals surface area contributed by atoms with Crippen molar-refractivity contribution in [1.29, 1.82) is 0 Å². The molecule has 3 aromatic rings. The first-order valence-corrected chi connectivity index (χ1v) is 4.89. The fourth-order valence-corrected chi connectivity index (χ4v) is 1.62. The van der Waals surface area contributed by atoms with Crippen LogP contribution in [0.1, 0.15) is 10.5 Å². The first-order valence-electron chi connectivity index (χ1n) is 4.89. The molecule has 0 aromatic carbocycles. The van der Waals surface area contributed by atoms with Crippen LogP contribution in [0.3, 0.4) is 0 Å². The largest absolute Gasteiger partial charge is 0.382 e. The fraction of sp³-hybridized carbons (Fsp3) is 0. The lowest BCUT2D eigenvalue weighted by molar-refractivity contribution is 0.111. The molecular formula is C10H8N6O. The van der Waals surface area contributed by atoms with E-state index in [4.69, 9.17) is 5.73 Å². The van der Waals surface area contributed by atoms with Crippen LogP contribution in [0.5, 0.6) is 0 Å². The second kappa shape index (κ2) is 3.41. The minimum absolute atomic E-state index is 0.299. The molecule has 0 atom stereocenters. The zero-order valence-electron chi connectivity index (χ0n) is 8.66. The third kappa shape index (κ3) is 1.36. The van der Waals surface area contributed by atoms with E-state index >= 15 is 0 Å². The molecule has 0 aliphatic heterocycles. The monoisotopic (exact) mass is 228 g/mol. The van der Waals surface area contributed by atoms with Crippen molar-refractivity contribution in [2.45, 2.75) is 0 Å². The van der Waals surface area contributed by atoms with E-state index in [-0.39, 0.29) is 0 Å². The van der Waals surface area contributed by atoms with Crippen LogP contribution in [0, 0.1) is 0 Å². The number of nitrogen functional groups attached to an aromatic ring is 1. The first-order chi connectivity index (χ1) is 8.29. The number of hydrogen-bond donors (Lipinski definition) is 2. The Morgan fingerprint density at radius 2 is 2.29 bits per heavy atom. The summed E-state index contributed by atoms with van der Waals surface area (Å²) in [5.41, 5.74) is 7.29. The van der Waals surface area contributed by atoms with Crippen LogP contribution in [0.2, 0.25) is 0 Å². The van der Waals surface area contributed by atoms with Crippen LogP contribution in [-0.2, 0) is 0 Å². The number of aromatic amines is 1. The van der Waals surface area contributed by atoms with Crippen molar-refractivity contribution in [2.24, 2.45) is 0 Å². The number of aldehydes is 1. The number of imidazole rings is 1. The SMILES string of the molecule is Nc1nc(-n2cccc2C=O)nc2nc[nH]c12. The molecule has 84 valence electrons. The van der Waals surface area contributed by atoms with E-state index in [2.05, 4.69) is 19.9 Å². The highest BCUT2D eigenvalue weighted by Crippen LogP contribution is 2.16. The molecule has 17 heavy (non-hydrogen) atoms. The van der Waals surface area contributed by atoms with Crippen LogP contribution >= 0.6 is 0 Å². The average Bonchev–Trinajstić information content (AvgIpc) is 2.96. The number of anilines is 1. The van der Waals surface area contributed by atoms with Crippen molar-refractivity contribution in [3.8, 4) is 5.95 Å². The Kier molecular flexibility index (Phi) is 1.91. The number of hydrogen-bond acceptors (Lipinski definition) is 5. The highest BCUT2D eigenvalue weighted by atomic mass is 16.1. The third-order valence-electron chi connectivity index (χ3n) is 2.42. The zero-order chi connectivity index (χ0) is 11.8. The Morgan fingerprint density at radius 1 is 1.41 bits per heavy atom. The van der Waals surface area contributed by atoms with Crippen LogP contribution in [-0.4, -0.2) is 30.8 Å². The molecule has 0 saturated carbocycles. The maximum atomic E-state index is 10.8. The molecule has 0 aliphatic rings. The van der Waals surface area contributed by atoms with E-state index in [9.17, 15) is 4.79 Å². The summed E-state index contributed by atoms with van der Waals surface area (Å²) >= 11 is 0. The van der Waals surface area contributed by atoms with Crippen LogP contribution < -0.4 is 5.73 Å². The molecule has 3 N–H and O–H groups in total. The Balaban J connectivity index is 2.27. The normalized spacial score (nSPS) is 10.8. The number of carbonyl (C=O) groups is 1. The van der Waals surface area contributed by atoms with Gasteiger partial charge in [-0.3, -0.25) is 9.36 Å². The molecule has 3 rings (SSSR count). The van der Waals surface area contributed by atoms with Crippen molar-refractivity contribution in [3.05, 3.63) is 30.4 Å². The second-order valence-electron chi connectivity index (χ2n) is 3.43. The predicted octanol–water partition coefficient (Wildman–Crippen LogP) is 0.538. The van der Waals surface area contributed by atoms with E-state index in [1.165, 1.54) is 6.33 Å². The summed E-state index contributed by atoms with van der Waals surface area (Å²) in [6.07, 6.45) is 3.92. The molecule has 0 amide bonds. The Labute approximate surface area is 95.3 Å². The maximum Gasteiger partial charge on any atom is 0.238 e. The quantitative estimate of drug-likeness (QED) is 0.623. The summed E-state index contributed by atoms with van der Waals surface area (Å²) in [7, 11) is 0. The van der Waals surface area contributed by atoms with Crippen molar-refractivity contribution in [3.63, 3.8) is 0 Å². The number of rotatable bonds is 2. The topological polar surface area (TPSA) is 102 Å². The van der Waals surface area contributed by atoms with E-state index < -0.39 is 0 Å². The van der Waals surface area contributed by atoms with E-state index in [1.807, 2.05) is 0 Å². The summed E-state index contributed by atoms with van der Waals surface area (Å²) < 4.78 is 1.55.